The number of thioether (sulfide) groups is 1. The van der Waals surface area contributed by atoms with Crippen LogP contribution in [0.3, 0.4) is 0 Å². The van der Waals surface area contributed by atoms with Gasteiger partial charge < -0.3 is 15.2 Å². The van der Waals surface area contributed by atoms with Gasteiger partial charge in [0.25, 0.3) is 5.91 Å². The maximum atomic E-state index is 12.4. The minimum absolute atomic E-state index is 0.162. The van der Waals surface area contributed by atoms with Gasteiger partial charge in [-0.1, -0.05) is 29.5 Å². The Hall–Kier alpha value is -2.72. The third kappa shape index (κ3) is 4.96. The summed E-state index contributed by atoms with van der Waals surface area (Å²) in [5.74, 6) is 0.469. The van der Waals surface area contributed by atoms with Crippen LogP contribution in [0.2, 0.25) is 0 Å². The average Bonchev–Trinajstić information content (AvgIpc) is 3.30. The Morgan fingerprint density at radius 1 is 1.25 bits per heavy atom. The number of amides is 2. The van der Waals surface area contributed by atoms with Gasteiger partial charge in [0.1, 0.15) is 0 Å². The Morgan fingerprint density at radius 2 is 2.00 bits per heavy atom. The molecule has 0 saturated carbocycles. The van der Waals surface area contributed by atoms with Gasteiger partial charge in [-0.15, -0.1) is 21.5 Å². The molecule has 1 aromatic carbocycles. The van der Waals surface area contributed by atoms with Crippen LogP contribution in [0, 0.1) is 6.92 Å². The van der Waals surface area contributed by atoms with E-state index in [1.807, 2.05) is 33.0 Å². The van der Waals surface area contributed by atoms with Crippen molar-refractivity contribution in [1.29, 1.82) is 0 Å². The van der Waals surface area contributed by atoms with E-state index in [2.05, 4.69) is 25.8 Å². The second-order valence-corrected chi connectivity index (χ2v) is 7.97. The van der Waals surface area contributed by atoms with Crippen LogP contribution in [0.5, 0.6) is 0 Å². The summed E-state index contributed by atoms with van der Waals surface area (Å²) in [5, 5.41) is 16.9. The third-order valence-corrected chi connectivity index (χ3v) is 5.64. The molecule has 3 aromatic rings. The van der Waals surface area contributed by atoms with E-state index in [-0.39, 0.29) is 23.6 Å². The van der Waals surface area contributed by atoms with E-state index in [0.29, 0.717) is 21.7 Å². The fraction of sp³-hybridized carbons (Fsp3) is 0.278. The zero-order valence-electron chi connectivity index (χ0n) is 15.7. The number of nitrogens with zero attached hydrogens (tertiary/aromatic N) is 4. The molecule has 0 fully saturated rings. The van der Waals surface area contributed by atoms with Crippen LogP contribution in [-0.2, 0) is 11.8 Å². The Kier molecular flexibility index (Phi) is 6.42. The lowest BCUT2D eigenvalue weighted by Crippen LogP contribution is -2.28. The highest BCUT2D eigenvalue weighted by Gasteiger charge is 2.19. The molecule has 0 bridgehead atoms. The van der Waals surface area contributed by atoms with Gasteiger partial charge in [0.05, 0.1) is 11.8 Å². The van der Waals surface area contributed by atoms with E-state index < -0.39 is 0 Å². The quantitative estimate of drug-likeness (QED) is 0.574. The van der Waals surface area contributed by atoms with E-state index in [1.54, 1.807) is 28.3 Å². The fourth-order valence-electron chi connectivity index (χ4n) is 2.45. The highest BCUT2D eigenvalue weighted by atomic mass is 32.2. The number of aromatic nitrogens is 4. The van der Waals surface area contributed by atoms with Gasteiger partial charge in [-0.2, -0.15) is 0 Å². The zero-order chi connectivity index (χ0) is 20.1. The number of rotatable bonds is 7. The van der Waals surface area contributed by atoms with E-state index in [4.69, 9.17) is 0 Å². The molecule has 3 rings (SSSR count). The Balaban J connectivity index is 1.57. The summed E-state index contributed by atoms with van der Waals surface area (Å²) >= 11 is 2.64. The van der Waals surface area contributed by atoms with Crippen molar-refractivity contribution in [3.63, 3.8) is 0 Å². The minimum Gasteiger partial charge on any atom is -0.342 e. The minimum atomic E-state index is -0.329. The molecule has 0 aliphatic heterocycles. The van der Waals surface area contributed by atoms with Gasteiger partial charge in [-0.3, -0.25) is 9.59 Å². The lowest BCUT2D eigenvalue weighted by molar-refractivity contribution is -0.113. The van der Waals surface area contributed by atoms with Crippen molar-refractivity contribution in [1.82, 2.24) is 25.1 Å². The molecule has 0 radical (unpaired) electrons. The van der Waals surface area contributed by atoms with Crippen molar-refractivity contribution in [3.8, 4) is 0 Å². The number of nitrogens with one attached hydrogen (secondary N) is 2. The second kappa shape index (κ2) is 8.98. The number of thiazole rings is 1. The molecule has 0 saturated heterocycles. The van der Waals surface area contributed by atoms with Gasteiger partial charge in [0.2, 0.25) is 5.91 Å². The first kappa shape index (κ1) is 20.0. The number of benzene rings is 1. The lowest BCUT2D eigenvalue weighted by atomic mass is 10.1. The van der Waals surface area contributed by atoms with Crippen LogP contribution < -0.4 is 10.6 Å². The summed E-state index contributed by atoms with van der Waals surface area (Å²) in [6.45, 7) is 3.82. The molecule has 2 heterocycles. The van der Waals surface area contributed by atoms with Crippen LogP contribution in [-0.4, -0.2) is 37.3 Å². The molecule has 0 aliphatic rings. The highest BCUT2D eigenvalue weighted by Crippen LogP contribution is 2.20. The van der Waals surface area contributed by atoms with E-state index in [9.17, 15) is 9.59 Å². The van der Waals surface area contributed by atoms with Crippen LogP contribution >= 0.6 is 23.1 Å². The van der Waals surface area contributed by atoms with Crippen molar-refractivity contribution < 1.29 is 9.59 Å². The molecule has 1 atom stereocenters. The number of aryl methyl sites for hydroxylation is 1. The SMILES string of the molecule is Cc1ccc(C(=O)NC(C)c2nnc(SCC(=O)Nc3nccs3)n2C)cc1. The first-order valence-electron chi connectivity index (χ1n) is 8.53. The Labute approximate surface area is 170 Å². The van der Waals surface area contributed by atoms with Crippen molar-refractivity contribution in [2.75, 3.05) is 11.1 Å². The molecule has 0 spiro atoms. The van der Waals surface area contributed by atoms with Crippen LogP contribution in [0.25, 0.3) is 0 Å². The maximum Gasteiger partial charge on any atom is 0.251 e. The van der Waals surface area contributed by atoms with Crippen LogP contribution in [0.4, 0.5) is 5.13 Å². The number of carbonyl (C=O) groups is 2. The summed E-state index contributed by atoms with van der Waals surface area (Å²) in [5.41, 5.74) is 1.69. The predicted octanol–water partition coefficient (Wildman–Crippen LogP) is 2.80. The fourth-order valence-corrected chi connectivity index (χ4v) is 3.71. The molecule has 2 N–H and O–H groups in total. The van der Waals surface area contributed by atoms with Crippen LogP contribution in [0.1, 0.15) is 34.7 Å². The third-order valence-electron chi connectivity index (χ3n) is 3.93. The van der Waals surface area contributed by atoms with Gasteiger partial charge in [0.15, 0.2) is 16.1 Å². The molecule has 146 valence electrons. The molecule has 1 unspecified atom stereocenters. The maximum absolute atomic E-state index is 12.4. The largest absolute Gasteiger partial charge is 0.342 e. The van der Waals surface area contributed by atoms with Crippen LogP contribution in [0.15, 0.2) is 41.0 Å². The average molecular weight is 417 g/mol. The number of hydrogen-bond donors (Lipinski definition) is 2. The first-order chi connectivity index (χ1) is 13.4. The molecular formula is C18H20N6O2S2. The molecule has 28 heavy (non-hydrogen) atoms. The number of hydrogen-bond acceptors (Lipinski definition) is 7. The summed E-state index contributed by atoms with van der Waals surface area (Å²) in [6, 6.07) is 7.04. The Morgan fingerprint density at radius 3 is 2.68 bits per heavy atom. The normalized spacial score (nSPS) is 11.8. The zero-order valence-corrected chi connectivity index (χ0v) is 17.3. The number of carbonyl (C=O) groups excluding carboxylic acids is 2. The smallest absolute Gasteiger partial charge is 0.251 e. The molecule has 10 heteroatoms. The summed E-state index contributed by atoms with van der Waals surface area (Å²) < 4.78 is 1.78. The van der Waals surface area contributed by atoms with Crippen molar-refractivity contribution in [3.05, 3.63) is 52.8 Å². The van der Waals surface area contributed by atoms with Crippen molar-refractivity contribution in [2.45, 2.75) is 25.0 Å². The Bertz CT molecular complexity index is 953. The summed E-state index contributed by atoms with van der Waals surface area (Å²) in [7, 11) is 1.81. The standard InChI is InChI=1S/C18H20N6O2S2/c1-11-4-6-13(7-5-11)16(26)20-12(2)15-22-23-18(24(15)3)28-10-14(25)21-17-19-8-9-27-17/h4-9,12H,10H2,1-3H3,(H,20,26)(H,19,21,25). The predicted molar refractivity (Wildman–Crippen MR) is 110 cm³/mol. The van der Waals surface area contributed by atoms with Crippen molar-refractivity contribution in [2.24, 2.45) is 7.05 Å². The molecule has 2 amide bonds. The van der Waals surface area contributed by atoms with Gasteiger partial charge in [0, 0.05) is 24.2 Å². The molecule has 8 nitrogen and oxygen atoms in total. The molecule has 2 aromatic heterocycles. The molecule has 0 aliphatic carbocycles. The highest BCUT2D eigenvalue weighted by molar-refractivity contribution is 7.99. The van der Waals surface area contributed by atoms with Crippen molar-refractivity contribution >= 4 is 40.0 Å². The van der Waals surface area contributed by atoms with E-state index in [1.165, 1.54) is 23.1 Å². The van der Waals surface area contributed by atoms with E-state index >= 15 is 0 Å². The molecular weight excluding hydrogens is 396 g/mol. The monoisotopic (exact) mass is 416 g/mol. The van der Waals surface area contributed by atoms with Gasteiger partial charge >= 0.3 is 0 Å². The summed E-state index contributed by atoms with van der Waals surface area (Å²) in [4.78, 5) is 28.4. The van der Waals surface area contributed by atoms with E-state index in [0.717, 1.165) is 5.56 Å². The second-order valence-electron chi connectivity index (χ2n) is 6.14. The first-order valence-corrected chi connectivity index (χ1v) is 10.4. The summed E-state index contributed by atoms with van der Waals surface area (Å²) in [6.07, 6.45) is 1.63. The van der Waals surface area contributed by atoms with Gasteiger partial charge in [-0.25, -0.2) is 4.98 Å². The lowest BCUT2D eigenvalue weighted by Gasteiger charge is -2.13. The number of anilines is 1. The van der Waals surface area contributed by atoms with Gasteiger partial charge in [-0.05, 0) is 26.0 Å². The topological polar surface area (TPSA) is 102 Å².